The van der Waals surface area contributed by atoms with Gasteiger partial charge in [-0.25, -0.2) is 4.79 Å². The van der Waals surface area contributed by atoms with Crippen molar-refractivity contribution in [3.63, 3.8) is 0 Å². The van der Waals surface area contributed by atoms with E-state index in [1.807, 2.05) is 6.92 Å². The Bertz CT molecular complexity index is 989. The van der Waals surface area contributed by atoms with Gasteiger partial charge in [0.05, 0.1) is 19.6 Å². The van der Waals surface area contributed by atoms with Gasteiger partial charge < -0.3 is 13.9 Å². The number of H-pyrrole nitrogens is 1. The number of aromatic amines is 1. The highest BCUT2D eigenvalue weighted by atomic mass is 32.1. The minimum Gasteiger partial charge on any atom is -0.493 e. The van der Waals surface area contributed by atoms with E-state index >= 15 is 0 Å². The average Bonchev–Trinajstić information content (AvgIpc) is 3.30. The van der Waals surface area contributed by atoms with Gasteiger partial charge in [0.15, 0.2) is 17.3 Å². The van der Waals surface area contributed by atoms with Crippen LogP contribution in [-0.2, 0) is 6.42 Å². The van der Waals surface area contributed by atoms with Crippen LogP contribution in [0.1, 0.15) is 28.9 Å². The molecule has 0 radical (unpaired) electrons. The van der Waals surface area contributed by atoms with E-state index in [0.29, 0.717) is 16.9 Å². The Morgan fingerprint density at radius 3 is 2.96 bits per heavy atom. The first-order chi connectivity index (χ1) is 12.6. The molecule has 8 nitrogen and oxygen atoms in total. The van der Waals surface area contributed by atoms with Crippen LogP contribution in [0.15, 0.2) is 46.1 Å². The van der Waals surface area contributed by atoms with Gasteiger partial charge in [0.1, 0.15) is 0 Å². The second kappa shape index (κ2) is 7.79. The topological polar surface area (TPSA) is 94.6 Å². The Kier molecular flexibility index (Phi) is 5.28. The summed E-state index contributed by atoms with van der Waals surface area (Å²) in [4.78, 5) is 12.0. The van der Waals surface area contributed by atoms with Crippen LogP contribution in [0.3, 0.4) is 0 Å². The fraction of sp³-hybridized carbons (Fsp3) is 0.176. The van der Waals surface area contributed by atoms with Crippen molar-refractivity contribution in [2.75, 3.05) is 7.11 Å². The molecule has 0 aliphatic heterocycles. The number of esters is 1. The van der Waals surface area contributed by atoms with Crippen molar-refractivity contribution in [1.29, 1.82) is 0 Å². The third kappa shape index (κ3) is 3.72. The molecular formula is C17H16N4O4S. The zero-order chi connectivity index (χ0) is 18.5. The van der Waals surface area contributed by atoms with Gasteiger partial charge in [0.2, 0.25) is 10.5 Å². The van der Waals surface area contributed by atoms with Crippen LogP contribution in [0.2, 0.25) is 0 Å². The van der Waals surface area contributed by atoms with Crippen LogP contribution in [0.4, 0.5) is 0 Å². The molecule has 134 valence electrons. The Hall–Kier alpha value is -3.20. The van der Waals surface area contributed by atoms with E-state index in [9.17, 15) is 4.79 Å². The maximum absolute atomic E-state index is 12.0. The molecule has 0 aliphatic rings. The summed E-state index contributed by atoms with van der Waals surface area (Å²) in [7, 11) is 1.49. The fourth-order valence-corrected chi connectivity index (χ4v) is 2.39. The van der Waals surface area contributed by atoms with E-state index in [1.165, 1.54) is 19.4 Å². The first kappa shape index (κ1) is 17.6. The molecule has 9 heteroatoms. The van der Waals surface area contributed by atoms with Crippen LogP contribution in [-0.4, -0.2) is 34.2 Å². The quantitative estimate of drug-likeness (QED) is 0.309. The summed E-state index contributed by atoms with van der Waals surface area (Å²) in [6, 6.07) is 8.20. The summed E-state index contributed by atoms with van der Waals surface area (Å²) in [6.45, 7) is 1.96. The van der Waals surface area contributed by atoms with Crippen molar-refractivity contribution < 1.29 is 18.7 Å². The van der Waals surface area contributed by atoms with E-state index in [0.717, 1.165) is 11.4 Å². The van der Waals surface area contributed by atoms with E-state index in [4.69, 9.17) is 26.1 Å². The zero-order valence-corrected chi connectivity index (χ0v) is 14.9. The highest BCUT2D eigenvalue weighted by Crippen LogP contribution is 2.28. The lowest BCUT2D eigenvalue weighted by Gasteiger charge is -2.09. The molecule has 0 unspecified atom stereocenters. The molecule has 1 N–H and O–H groups in total. The van der Waals surface area contributed by atoms with Gasteiger partial charge in [-0.1, -0.05) is 6.92 Å². The average molecular weight is 372 g/mol. The molecule has 26 heavy (non-hydrogen) atoms. The van der Waals surface area contributed by atoms with Gasteiger partial charge in [-0.3, -0.25) is 5.10 Å². The zero-order valence-electron chi connectivity index (χ0n) is 14.1. The monoisotopic (exact) mass is 372 g/mol. The normalized spacial score (nSPS) is 11.0. The molecule has 3 aromatic rings. The molecule has 3 rings (SSSR count). The number of nitrogens with one attached hydrogen (secondary N) is 1. The second-order valence-corrected chi connectivity index (χ2v) is 5.52. The van der Waals surface area contributed by atoms with Crippen molar-refractivity contribution >= 4 is 24.4 Å². The standard InChI is InChI=1S/C17H16N4O4S/c1-3-15-19-20-17(26)21(15)18-10-11-6-7-12(14(9-11)23-2)25-16(22)13-5-4-8-24-13/h4-10H,3H2,1-2H3,(H,20,26)/b18-10+. The predicted molar refractivity (Wildman–Crippen MR) is 96.4 cm³/mol. The number of rotatable bonds is 6. The first-order valence-corrected chi connectivity index (χ1v) is 8.17. The van der Waals surface area contributed by atoms with Gasteiger partial charge in [-0.05, 0) is 48.1 Å². The number of ether oxygens (including phenoxy) is 2. The number of carbonyl (C=O) groups excluding carboxylic acids is 1. The molecule has 0 fully saturated rings. The largest absolute Gasteiger partial charge is 0.493 e. The molecule has 0 aliphatic carbocycles. The Balaban J connectivity index is 1.82. The highest BCUT2D eigenvalue weighted by molar-refractivity contribution is 7.71. The number of methoxy groups -OCH3 is 1. The molecule has 0 saturated carbocycles. The Morgan fingerprint density at radius 1 is 1.42 bits per heavy atom. The summed E-state index contributed by atoms with van der Waals surface area (Å²) in [6.07, 6.45) is 3.71. The second-order valence-electron chi connectivity index (χ2n) is 5.13. The molecule has 0 bridgehead atoms. The smallest absolute Gasteiger partial charge is 0.379 e. The van der Waals surface area contributed by atoms with Crippen molar-refractivity contribution in [2.45, 2.75) is 13.3 Å². The van der Waals surface area contributed by atoms with Crippen molar-refractivity contribution in [3.05, 3.63) is 58.5 Å². The number of furan rings is 1. The maximum Gasteiger partial charge on any atom is 0.379 e. The van der Waals surface area contributed by atoms with Gasteiger partial charge in [-0.2, -0.15) is 14.9 Å². The minimum absolute atomic E-state index is 0.110. The van der Waals surface area contributed by atoms with Gasteiger partial charge in [0.25, 0.3) is 0 Å². The number of benzene rings is 1. The van der Waals surface area contributed by atoms with E-state index in [1.54, 1.807) is 35.2 Å². The van der Waals surface area contributed by atoms with E-state index in [2.05, 4.69) is 15.3 Å². The Morgan fingerprint density at radius 2 is 2.27 bits per heavy atom. The number of aryl methyl sites for hydroxylation is 1. The molecule has 1 aromatic carbocycles. The number of aromatic nitrogens is 3. The molecule has 0 atom stereocenters. The lowest BCUT2D eigenvalue weighted by Crippen LogP contribution is -2.08. The van der Waals surface area contributed by atoms with Gasteiger partial charge in [0, 0.05) is 6.42 Å². The summed E-state index contributed by atoms with van der Waals surface area (Å²) in [5.74, 6) is 0.897. The SMILES string of the molecule is CCc1n[nH]c(=S)n1/N=C/c1ccc(OC(=O)c2ccco2)c(OC)c1. The minimum atomic E-state index is -0.605. The first-order valence-electron chi connectivity index (χ1n) is 7.76. The van der Waals surface area contributed by atoms with Crippen LogP contribution in [0, 0.1) is 4.77 Å². The van der Waals surface area contributed by atoms with Crippen LogP contribution >= 0.6 is 12.2 Å². The molecule has 2 aromatic heterocycles. The molecule has 2 heterocycles. The highest BCUT2D eigenvalue weighted by Gasteiger charge is 2.14. The number of nitrogens with zero attached hydrogens (tertiary/aromatic N) is 3. The predicted octanol–water partition coefficient (Wildman–Crippen LogP) is 3.21. The molecule has 0 amide bonds. The third-order valence-corrected chi connectivity index (χ3v) is 3.73. The van der Waals surface area contributed by atoms with Crippen LogP contribution in [0.25, 0.3) is 0 Å². The summed E-state index contributed by atoms with van der Waals surface area (Å²) >= 11 is 5.15. The van der Waals surface area contributed by atoms with Crippen molar-refractivity contribution in [2.24, 2.45) is 5.10 Å². The molecule has 0 spiro atoms. The van der Waals surface area contributed by atoms with Crippen LogP contribution < -0.4 is 9.47 Å². The molecule has 0 saturated heterocycles. The van der Waals surface area contributed by atoms with Crippen molar-refractivity contribution in [3.8, 4) is 11.5 Å². The van der Waals surface area contributed by atoms with Crippen LogP contribution in [0.5, 0.6) is 11.5 Å². The lowest BCUT2D eigenvalue weighted by atomic mass is 10.2. The fourth-order valence-electron chi connectivity index (χ4n) is 2.19. The number of hydrogen-bond donors (Lipinski definition) is 1. The van der Waals surface area contributed by atoms with Gasteiger partial charge >= 0.3 is 5.97 Å². The Labute approximate surface area is 154 Å². The summed E-state index contributed by atoms with van der Waals surface area (Å²) < 4.78 is 17.6. The summed E-state index contributed by atoms with van der Waals surface area (Å²) in [5, 5.41) is 11.1. The maximum atomic E-state index is 12.0. The van der Waals surface area contributed by atoms with Crippen molar-refractivity contribution in [1.82, 2.24) is 14.9 Å². The lowest BCUT2D eigenvalue weighted by molar-refractivity contribution is 0.0696. The third-order valence-electron chi connectivity index (χ3n) is 3.47. The number of carbonyl (C=O) groups is 1. The van der Waals surface area contributed by atoms with E-state index < -0.39 is 5.97 Å². The number of hydrogen-bond acceptors (Lipinski definition) is 7. The molecular weight excluding hydrogens is 356 g/mol. The van der Waals surface area contributed by atoms with Gasteiger partial charge in [-0.15, -0.1) is 0 Å². The summed E-state index contributed by atoms with van der Waals surface area (Å²) in [5.41, 5.74) is 0.741. The van der Waals surface area contributed by atoms with E-state index in [-0.39, 0.29) is 11.5 Å².